The molecular weight excluding hydrogens is 480 g/mol. The summed E-state index contributed by atoms with van der Waals surface area (Å²) in [5.74, 6) is 1.24. The van der Waals surface area contributed by atoms with Gasteiger partial charge in [-0.1, -0.05) is 113 Å². The van der Waals surface area contributed by atoms with E-state index in [0.29, 0.717) is 11.8 Å². The van der Waals surface area contributed by atoms with E-state index in [1.807, 2.05) is 0 Å². The van der Waals surface area contributed by atoms with Crippen LogP contribution in [0.25, 0.3) is 32.7 Å². The minimum Gasteiger partial charge on any atom is -0.0657 e. The Bertz CT molecular complexity index is 1750. The van der Waals surface area contributed by atoms with Crippen LogP contribution >= 0.6 is 0 Å². The Hall–Kier alpha value is -3.12. The summed E-state index contributed by atoms with van der Waals surface area (Å²) >= 11 is 0. The van der Waals surface area contributed by atoms with Crippen molar-refractivity contribution in [2.24, 2.45) is 11.8 Å². The van der Waals surface area contributed by atoms with E-state index in [0.717, 1.165) is 6.42 Å². The lowest BCUT2D eigenvalue weighted by Gasteiger charge is -2.39. The van der Waals surface area contributed by atoms with Crippen LogP contribution in [-0.2, 0) is 10.8 Å². The van der Waals surface area contributed by atoms with Gasteiger partial charge in [0.2, 0.25) is 0 Å². The molecule has 1 unspecified atom stereocenters. The summed E-state index contributed by atoms with van der Waals surface area (Å²) < 4.78 is 0. The van der Waals surface area contributed by atoms with Crippen LogP contribution in [-0.4, -0.2) is 0 Å². The molecule has 0 aliphatic heterocycles. The summed E-state index contributed by atoms with van der Waals surface area (Å²) in [7, 11) is 0. The van der Waals surface area contributed by atoms with Crippen molar-refractivity contribution in [2.45, 2.75) is 91.4 Å². The standard InChI is InChI=1S/C40H44/c1-8-25(9-2)29-20-30(26(10-3)11-4)23-40(22-29)33-18-16-27-13-12-14-32-35(27)36(33)37-34(39(32,6)7)21-28-19-24(5)15-17-31(28)38(37)40/h12-22,25-26H,8-11,23H2,1-7H3. The first kappa shape index (κ1) is 25.8. The predicted molar refractivity (Wildman–Crippen MR) is 173 cm³/mol. The highest BCUT2D eigenvalue weighted by Gasteiger charge is 2.50. The zero-order valence-electron chi connectivity index (χ0n) is 25.5. The van der Waals surface area contributed by atoms with Gasteiger partial charge in [0, 0.05) is 10.8 Å². The first-order chi connectivity index (χ1) is 19.3. The smallest absolute Gasteiger partial charge is 0.0443 e. The number of hydrogen-bond acceptors (Lipinski definition) is 0. The fourth-order valence-electron chi connectivity index (χ4n) is 8.92. The summed E-state index contributed by atoms with van der Waals surface area (Å²) in [6.45, 7) is 16.7. The highest BCUT2D eigenvalue weighted by Crippen LogP contribution is 2.64. The van der Waals surface area contributed by atoms with Crippen molar-refractivity contribution in [3.05, 3.63) is 106 Å². The SMILES string of the molecule is CCC(CC)C1=CC2(CC(C(CC)CC)=C1)c1ccc3cccc4c3c1-c1c(cc3cc(C)ccc3c12)C4(C)C. The molecule has 0 nitrogen and oxygen atoms in total. The van der Waals surface area contributed by atoms with Gasteiger partial charge in [-0.2, -0.15) is 0 Å². The van der Waals surface area contributed by atoms with Crippen molar-refractivity contribution >= 4 is 21.5 Å². The van der Waals surface area contributed by atoms with Gasteiger partial charge in [-0.25, -0.2) is 0 Å². The van der Waals surface area contributed by atoms with Crippen LogP contribution in [0.1, 0.15) is 101 Å². The molecule has 0 radical (unpaired) electrons. The van der Waals surface area contributed by atoms with Gasteiger partial charge in [0.25, 0.3) is 0 Å². The summed E-state index contributed by atoms with van der Waals surface area (Å²) in [6, 6.07) is 21.7. The van der Waals surface area contributed by atoms with Gasteiger partial charge >= 0.3 is 0 Å². The Balaban J connectivity index is 1.68. The molecule has 0 saturated heterocycles. The zero-order chi connectivity index (χ0) is 28.0. The lowest BCUT2D eigenvalue weighted by molar-refractivity contribution is 0.491. The molecule has 0 N–H and O–H groups in total. The second-order valence-corrected chi connectivity index (χ2v) is 13.5. The van der Waals surface area contributed by atoms with E-state index in [2.05, 4.69) is 115 Å². The Morgan fingerprint density at radius 3 is 2.20 bits per heavy atom. The number of hydrogen-bond donors (Lipinski definition) is 0. The van der Waals surface area contributed by atoms with E-state index in [9.17, 15) is 0 Å². The van der Waals surface area contributed by atoms with E-state index in [4.69, 9.17) is 0 Å². The van der Waals surface area contributed by atoms with Crippen molar-refractivity contribution in [3.63, 3.8) is 0 Å². The maximum Gasteiger partial charge on any atom is 0.0443 e. The van der Waals surface area contributed by atoms with Crippen LogP contribution in [0.2, 0.25) is 0 Å². The highest BCUT2D eigenvalue weighted by molar-refractivity contribution is 6.12. The second kappa shape index (κ2) is 8.94. The van der Waals surface area contributed by atoms with Gasteiger partial charge in [0.15, 0.2) is 0 Å². The monoisotopic (exact) mass is 524 g/mol. The minimum absolute atomic E-state index is 0.0523. The van der Waals surface area contributed by atoms with Gasteiger partial charge in [-0.3, -0.25) is 0 Å². The van der Waals surface area contributed by atoms with Gasteiger partial charge in [-0.05, 0) is 117 Å². The van der Waals surface area contributed by atoms with Crippen LogP contribution in [0.15, 0.2) is 77.9 Å². The molecule has 7 rings (SSSR count). The molecule has 3 aliphatic carbocycles. The third kappa shape index (κ3) is 3.26. The lowest BCUT2D eigenvalue weighted by atomic mass is 9.64. The first-order valence-electron chi connectivity index (χ1n) is 15.9. The minimum atomic E-state index is -0.125. The number of fused-ring (bicyclic) bond motifs is 4. The average molecular weight is 525 g/mol. The number of rotatable bonds is 6. The summed E-state index contributed by atoms with van der Waals surface area (Å²) in [4.78, 5) is 0. The van der Waals surface area contributed by atoms with Crippen molar-refractivity contribution in [1.82, 2.24) is 0 Å². The predicted octanol–water partition coefficient (Wildman–Crippen LogP) is 11.3. The molecule has 4 aromatic carbocycles. The van der Waals surface area contributed by atoms with Gasteiger partial charge in [0.05, 0.1) is 0 Å². The van der Waals surface area contributed by atoms with Gasteiger partial charge < -0.3 is 0 Å². The van der Waals surface area contributed by atoms with Crippen LogP contribution in [0, 0.1) is 18.8 Å². The van der Waals surface area contributed by atoms with E-state index < -0.39 is 0 Å². The Kier molecular flexibility index (Phi) is 5.77. The summed E-state index contributed by atoms with van der Waals surface area (Å²) in [6.07, 6.45) is 11.3. The van der Waals surface area contributed by atoms with E-state index in [-0.39, 0.29) is 10.8 Å². The van der Waals surface area contributed by atoms with Crippen LogP contribution < -0.4 is 0 Å². The van der Waals surface area contributed by atoms with Gasteiger partial charge in [0.1, 0.15) is 0 Å². The van der Waals surface area contributed by atoms with E-state index >= 15 is 0 Å². The molecule has 0 saturated carbocycles. The largest absolute Gasteiger partial charge is 0.0657 e. The topological polar surface area (TPSA) is 0 Å². The highest BCUT2D eigenvalue weighted by atomic mass is 14.5. The van der Waals surface area contributed by atoms with Crippen LogP contribution in [0.5, 0.6) is 0 Å². The summed E-state index contributed by atoms with van der Waals surface area (Å²) in [5.41, 5.74) is 13.6. The fourth-order valence-corrected chi connectivity index (χ4v) is 8.92. The molecule has 3 aliphatic rings. The molecule has 0 aromatic heterocycles. The summed E-state index contributed by atoms with van der Waals surface area (Å²) in [5, 5.41) is 5.74. The number of aryl methyl sites for hydroxylation is 1. The molecule has 0 heterocycles. The normalized spacial score (nSPS) is 20.2. The maximum absolute atomic E-state index is 2.76. The van der Waals surface area contributed by atoms with Crippen molar-refractivity contribution < 1.29 is 0 Å². The third-order valence-corrected chi connectivity index (χ3v) is 11.1. The molecule has 0 fully saturated rings. The van der Waals surface area contributed by atoms with Crippen LogP contribution in [0.3, 0.4) is 0 Å². The number of allylic oxidation sites excluding steroid dienone is 4. The number of benzene rings is 4. The van der Waals surface area contributed by atoms with Crippen LogP contribution in [0.4, 0.5) is 0 Å². The van der Waals surface area contributed by atoms with E-state index in [1.165, 1.54) is 69.5 Å². The second-order valence-electron chi connectivity index (χ2n) is 13.5. The molecule has 204 valence electrons. The maximum atomic E-state index is 2.76. The zero-order valence-corrected chi connectivity index (χ0v) is 25.5. The molecule has 1 atom stereocenters. The Labute approximate surface area is 241 Å². The van der Waals surface area contributed by atoms with Crippen molar-refractivity contribution in [2.75, 3.05) is 0 Å². The molecule has 4 aromatic rings. The third-order valence-electron chi connectivity index (χ3n) is 11.1. The molecule has 0 heteroatoms. The quantitative estimate of drug-likeness (QED) is 0.235. The van der Waals surface area contributed by atoms with Crippen molar-refractivity contribution in [1.29, 1.82) is 0 Å². The average Bonchev–Trinajstić information content (AvgIpc) is 3.22. The molecule has 0 amide bonds. The van der Waals surface area contributed by atoms with Gasteiger partial charge in [-0.15, -0.1) is 0 Å². The molecule has 1 spiro atoms. The van der Waals surface area contributed by atoms with Crippen molar-refractivity contribution in [3.8, 4) is 11.1 Å². The lowest BCUT2D eigenvalue weighted by Crippen LogP contribution is -2.30. The Morgan fingerprint density at radius 1 is 0.725 bits per heavy atom. The Morgan fingerprint density at radius 2 is 1.48 bits per heavy atom. The van der Waals surface area contributed by atoms with E-state index in [1.54, 1.807) is 27.8 Å². The molecule has 0 bridgehead atoms. The molecule has 40 heavy (non-hydrogen) atoms. The first-order valence-corrected chi connectivity index (χ1v) is 15.9. The fraction of sp³-hybridized carbons (Fsp3) is 0.400. The molecular formula is C40H44.